The van der Waals surface area contributed by atoms with Crippen molar-refractivity contribution in [1.29, 1.82) is 0 Å². The van der Waals surface area contributed by atoms with E-state index < -0.39 is 15.3 Å². The van der Waals surface area contributed by atoms with Gasteiger partial charge in [-0.15, -0.1) is 0 Å². The Kier molecular flexibility index (Phi) is 4.08. The standard InChI is InChI=1S/C15H18N4O2S/c16-22(20,21)13-7-4-10-19(11-13)14-8-9-17-15(18-14)12-5-2-1-3-6-12/h1-3,5-6,8-9,13H,4,7,10-11H2,(H2,16,20,21). The molecule has 0 bridgehead atoms. The Morgan fingerprint density at radius 3 is 2.68 bits per heavy atom. The molecular weight excluding hydrogens is 300 g/mol. The SMILES string of the molecule is NS(=O)(=O)C1CCCN(c2ccnc(-c3ccccc3)n2)C1. The molecule has 1 fully saturated rings. The monoisotopic (exact) mass is 318 g/mol. The van der Waals surface area contributed by atoms with Gasteiger partial charge in [0.15, 0.2) is 5.82 Å². The Balaban J connectivity index is 1.86. The van der Waals surface area contributed by atoms with Gasteiger partial charge in [0, 0.05) is 24.8 Å². The van der Waals surface area contributed by atoms with E-state index in [1.54, 1.807) is 12.3 Å². The minimum absolute atomic E-state index is 0.379. The fourth-order valence-electron chi connectivity index (χ4n) is 2.67. The lowest BCUT2D eigenvalue weighted by molar-refractivity contribution is 0.531. The van der Waals surface area contributed by atoms with Crippen LogP contribution in [0.4, 0.5) is 5.82 Å². The third kappa shape index (κ3) is 3.26. The van der Waals surface area contributed by atoms with Crippen LogP contribution in [-0.2, 0) is 10.0 Å². The summed E-state index contributed by atoms with van der Waals surface area (Å²) in [7, 11) is -3.51. The van der Waals surface area contributed by atoms with Crippen molar-refractivity contribution in [2.45, 2.75) is 18.1 Å². The molecule has 0 amide bonds. The molecule has 1 aliphatic heterocycles. The summed E-state index contributed by atoms with van der Waals surface area (Å²) in [5, 5.41) is 4.75. The number of anilines is 1. The molecule has 1 atom stereocenters. The van der Waals surface area contributed by atoms with Gasteiger partial charge in [0.2, 0.25) is 10.0 Å². The van der Waals surface area contributed by atoms with Gasteiger partial charge in [-0.2, -0.15) is 0 Å². The zero-order valence-corrected chi connectivity index (χ0v) is 12.9. The molecule has 1 saturated heterocycles. The molecule has 2 heterocycles. The minimum atomic E-state index is -3.51. The van der Waals surface area contributed by atoms with E-state index in [0.29, 0.717) is 18.8 Å². The van der Waals surface area contributed by atoms with Gasteiger partial charge >= 0.3 is 0 Å². The van der Waals surface area contributed by atoms with Crippen LogP contribution in [-0.4, -0.2) is 36.7 Å². The average Bonchev–Trinajstić information content (AvgIpc) is 2.55. The number of nitrogens with two attached hydrogens (primary N) is 1. The van der Waals surface area contributed by atoms with Crippen molar-refractivity contribution >= 4 is 15.8 Å². The Morgan fingerprint density at radius 1 is 1.18 bits per heavy atom. The Bertz CT molecular complexity index is 749. The van der Waals surface area contributed by atoms with Crippen LogP contribution in [0.3, 0.4) is 0 Å². The smallest absolute Gasteiger partial charge is 0.213 e. The van der Waals surface area contributed by atoms with Crippen LogP contribution >= 0.6 is 0 Å². The fourth-order valence-corrected chi connectivity index (χ4v) is 3.55. The molecule has 1 unspecified atom stereocenters. The first-order chi connectivity index (χ1) is 10.5. The predicted molar refractivity (Wildman–Crippen MR) is 85.8 cm³/mol. The van der Waals surface area contributed by atoms with E-state index >= 15 is 0 Å². The highest BCUT2D eigenvalue weighted by Crippen LogP contribution is 2.23. The molecule has 2 N–H and O–H groups in total. The first-order valence-electron chi connectivity index (χ1n) is 7.19. The van der Waals surface area contributed by atoms with E-state index in [4.69, 9.17) is 5.14 Å². The molecule has 22 heavy (non-hydrogen) atoms. The number of benzene rings is 1. The fraction of sp³-hybridized carbons (Fsp3) is 0.333. The first kappa shape index (κ1) is 14.9. The summed E-state index contributed by atoms with van der Waals surface area (Å²) in [5.41, 5.74) is 0.935. The maximum absolute atomic E-state index is 11.6. The lowest BCUT2D eigenvalue weighted by atomic mass is 10.1. The van der Waals surface area contributed by atoms with E-state index in [2.05, 4.69) is 9.97 Å². The van der Waals surface area contributed by atoms with Gasteiger partial charge in [-0.3, -0.25) is 0 Å². The zero-order valence-electron chi connectivity index (χ0n) is 12.1. The predicted octanol–water partition coefficient (Wildman–Crippen LogP) is 1.40. The molecule has 6 nitrogen and oxygen atoms in total. The number of aromatic nitrogens is 2. The van der Waals surface area contributed by atoms with E-state index in [0.717, 1.165) is 24.3 Å². The maximum Gasteiger partial charge on any atom is 0.213 e. The second kappa shape index (κ2) is 6.02. The summed E-state index contributed by atoms with van der Waals surface area (Å²) < 4.78 is 23.1. The molecule has 0 saturated carbocycles. The topological polar surface area (TPSA) is 89.2 Å². The Labute approximate surface area is 130 Å². The molecule has 1 aromatic heterocycles. The number of piperidine rings is 1. The number of nitrogens with zero attached hydrogens (tertiary/aromatic N) is 3. The zero-order chi connectivity index (χ0) is 15.6. The Hall–Kier alpha value is -1.99. The van der Waals surface area contributed by atoms with E-state index in [9.17, 15) is 8.42 Å². The number of primary sulfonamides is 1. The van der Waals surface area contributed by atoms with Crippen molar-refractivity contribution in [1.82, 2.24) is 9.97 Å². The number of rotatable bonds is 3. The lowest BCUT2D eigenvalue weighted by Crippen LogP contribution is -2.45. The molecule has 1 aliphatic rings. The third-order valence-electron chi connectivity index (χ3n) is 3.84. The van der Waals surface area contributed by atoms with E-state index in [1.165, 1.54) is 0 Å². The van der Waals surface area contributed by atoms with Gasteiger partial charge in [-0.1, -0.05) is 30.3 Å². The van der Waals surface area contributed by atoms with Crippen LogP contribution in [0.2, 0.25) is 0 Å². The molecular formula is C15H18N4O2S. The summed E-state index contributed by atoms with van der Waals surface area (Å²) in [6, 6.07) is 11.5. The highest BCUT2D eigenvalue weighted by Gasteiger charge is 2.28. The third-order valence-corrected chi connectivity index (χ3v) is 5.15. The van der Waals surface area contributed by atoms with Crippen LogP contribution in [0.1, 0.15) is 12.8 Å². The molecule has 7 heteroatoms. The quantitative estimate of drug-likeness (QED) is 0.924. The van der Waals surface area contributed by atoms with E-state index in [-0.39, 0.29) is 0 Å². The second-order valence-electron chi connectivity index (χ2n) is 5.40. The van der Waals surface area contributed by atoms with Gasteiger partial charge in [0.05, 0.1) is 5.25 Å². The molecule has 1 aromatic carbocycles. The van der Waals surface area contributed by atoms with Crippen molar-refractivity contribution in [3.8, 4) is 11.4 Å². The van der Waals surface area contributed by atoms with Crippen LogP contribution in [0.25, 0.3) is 11.4 Å². The van der Waals surface area contributed by atoms with Crippen molar-refractivity contribution in [2.75, 3.05) is 18.0 Å². The van der Waals surface area contributed by atoms with Gasteiger partial charge < -0.3 is 4.90 Å². The first-order valence-corrected chi connectivity index (χ1v) is 8.80. The van der Waals surface area contributed by atoms with Gasteiger partial charge in [0.1, 0.15) is 5.82 Å². The van der Waals surface area contributed by atoms with Crippen molar-refractivity contribution < 1.29 is 8.42 Å². The number of hydrogen-bond donors (Lipinski definition) is 1. The summed E-state index contributed by atoms with van der Waals surface area (Å²) in [6.45, 7) is 1.15. The van der Waals surface area contributed by atoms with Crippen LogP contribution in [0, 0.1) is 0 Å². The van der Waals surface area contributed by atoms with Crippen molar-refractivity contribution in [3.05, 3.63) is 42.6 Å². The van der Waals surface area contributed by atoms with Gasteiger partial charge in [-0.25, -0.2) is 23.5 Å². The summed E-state index contributed by atoms with van der Waals surface area (Å²) in [4.78, 5) is 10.8. The lowest BCUT2D eigenvalue weighted by Gasteiger charge is -2.32. The van der Waals surface area contributed by atoms with Gasteiger partial charge in [0.25, 0.3) is 0 Å². The summed E-state index contributed by atoms with van der Waals surface area (Å²) >= 11 is 0. The minimum Gasteiger partial charge on any atom is -0.355 e. The molecule has 2 aromatic rings. The highest BCUT2D eigenvalue weighted by atomic mass is 32.2. The molecule has 116 valence electrons. The Morgan fingerprint density at radius 2 is 1.95 bits per heavy atom. The van der Waals surface area contributed by atoms with Crippen molar-refractivity contribution in [2.24, 2.45) is 5.14 Å². The van der Waals surface area contributed by atoms with Crippen LogP contribution in [0.15, 0.2) is 42.6 Å². The summed E-state index contributed by atoms with van der Waals surface area (Å²) in [5.74, 6) is 1.37. The molecule has 0 radical (unpaired) electrons. The maximum atomic E-state index is 11.6. The molecule has 0 spiro atoms. The number of hydrogen-bond acceptors (Lipinski definition) is 5. The largest absolute Gasteiger partial charge is 0.355 e. The van der Waals surface area contributed by atoms with Crippen LogP contribution < -0.4 is 10.0 Å². The van der Waals surface area contributed by atoms with Crippen molar-refractivity contribution in [3.63, 3.8) is 0 Å². The highest BCUT2D eigenvalue weighted by molar-refractivity contribution is 7.89. The average molecular weight is 318 g/mol. The number of sulfonamides is 1. The normalized spacial score (nSPS) is 19.1. The van der Waals surface area contributed by atoms with Gasteiger partial charge in [-0.05, 0) is 18.9 Å². The summed E-state index contributed by atoms with van der Waals surface area (Å²) in [6.07, 6.45) is 3.09. The second-order valence-corrected chi connectivity index (χ2v) is 7.25. The van der Waals surface area contributed by atoms with E-state index in [1.807, 2.05) is 35.2 Å². The molecule has 3 rings (SSSR count). The van der Waals surface area contributed by atoms with Crippen LogP contribution in [0.5, 0.6) is 0 Å². The molecule has 0 aliphatic carbocycles.